The molecule has 26 heavy (non-hydrogen) atoms. The third-order valence-corrected chi connectivity index (χ3v) is 3.41. The minimum absolute atomic E-state index is 0.0613. The Balaban J connectivity index is 1.80. The van der Waals surface area contributed by atoms with Gasteiger partial charge in [-0.25, -0.2) is 0 Å². The van der Waals surface area contributed by atoms with Crippen LogP contribution in [-0.4, -0.2) is 31.9 Å². The van der Waals surface area contributed by atoms with Crippen molar-refractivity contribution in [3.63, 3.8) is 0 Å². The molecule has 2 aromatic rings. The molecule has 2 aromatic carbocycles. The largest absolute Gasteiger partial charge is 0.496 e. The Morgan fingerprint density at radius 3 is 2.54 bits per heavy atom. The van der Waals surface area contributed by atoms with Gasteiger partial charge >= 0.3 is 0 Å². The third kappa shape index (κ3) is 6.12. The fraction of sp³-hybridized carbons (Fsp3) is 0.300. The molecule has 1 N–H and O–H groups in total. The Labute approximate surface area is 153 Å². The van der Waals surface area contributed by atoms with Gasteiger partial charge < -0.3 is 19.6 Å². The van der Waals surface area contributed by atoms with E-state index in [1.807, 2.05) is 62.4 Å². The maximum atomic E-state index is 11.9. The highest BCUT2D eigenvalue weighted by molar-refractivity contribution is 5.83. The molecular weight excluding hydrogens is 332 g/mol. The molecule has 6 nitrogen and oxygen atoms in total. The van der Waals surface area contributed by atoms with Gasteiger partial charge in [-0.2, -0.15) is 0 Å². The molecule has 1 amide bonds. The molecule has 0 aliphatic carbocycles. The van der Waals surface area contributed by atoms with Crippen molar-refractivity contribution in [1.82, 2.24) is 5.32 Å². The van der Waals surface area contributed by atoms with Crippen LogP contribution in [0.3, 0.4) is 0 Å². The summed E-state index contributed by atoms with van der Waals surface area (Å²) in [5.74, 6) is 1.18. The average molecular weight is 356 g/mol. The van der Waals surface area contributed by atoms with Crippen LogP contribution in [0.15, 0.2) is 53.7 Å². The van der Waals surface area contributed by atoms with E-state index in [9.17, 15) is 4.79 Å². The molecule has 2 rings (SSSR count). The Hall–Kier alpha value is -3.02. The SMILES string of the molecule is COc1ccccc1CNC(=O)CO/N=C/c1ccccc1OC(C)C. The van der Waals surface area contributed by atoms with E-state index < -0.39 is 0 Å². The number of amides is 1. The number of para-hydroxylation sites is 2. The number of nitrogens with one attached hydrogen (secondary N) is 1. The topological polar surface area (TPSA) is 69.2 Å². The van der Waals surface area contributed by atoms with Gasteiger partial charge in [-0.15, -0.1) is 0 Å². The molecule has 0 unspecified atom stereocenters. The van der Waals surface area contributed by atoms with Crippen LogP contribution < -0.4 is 14.8 Å². The van der Waals surface area contributed by atoms with Crippen LogP contribution in [0.4, 0.5) is 0 Å². The fourth-order valence-electron chi connectivity index (χ4n) is 2.23. The van der Waals surface area contributed by atoms with Crippen molar-refractivity contribution in [2.45, 2.75) is 26.5 Å². The Bertz CT molecular complexity index is 744. The highest BCUT2D eigenvalue weighted by Crippen LogP contribution is 2.18. The van der Waals surface area contributed by atoms with Crippen molar-refractivity contribution >= 4 is 12.1 Å². The van der Waals surface area contributed by atoms with Crippen LogP contribution in [0.1, 0.15) is 25.0 Å². The summed E-state index contributed by atoms with van der Waals surface area (Å²) >= 11 is 0. The van der Waals surface area contributed by atoms with Crippen LogP contribution in [0.25, 0.3) is 0 Å². The van der Waals surface area contributed by atoms with E-state index in [1.54, 1.807) is 7.11 Å². The van der Waals surface area contributed by atoms with Crippen LogP contribution in [0, 0.1) is 0 Å². The first-order valence-corrected chi connectivity index (χ1v) is 8.39. The molecular formula is C20H24N2O4. The first-order valence-electron chi connectivity index (χ1n) is 8.39. The second-order valence-electron chi connectivity index (χ2n) is 5.80. The van der Waals surface area contributed by atoms with Crippen molar-refractivity contribution in [3.05, 3.63) is 59.7 Å². The van der Waals surface area contributed by atoms with Gasteiger partial charge in [0.1, 0.15) is 11.5 Å². The molecule has 0 saturated heterocycles. The van der Waals surface area contributed by atoms with Crippen LogP contribution >= 0.6 is 0 Å². The maximum Gasteiger partial charge on any atom is 0.261 e. The third-order valence-electron chi connectivity index (χ3n) is 3.41. The molecule has 0 radical (unpaired) electrons. The Morgan fingerprint density at radius 1 is 1.12 bits per heavy atom. The summed E-state index contributed by atoms with van der Waals surface area (Å²) in [4.78, 5) is 16.9. The number of hydrogen-bond donors (Lipinski definition) is 1. The van der Waals surface area contributed by atoms with E-state index in [1.165, 1.54) is 6.21 Å². The number of methoxy groups -OCH3 is 1. The Kier molecular flexibility index (Phi) is 7.49. The second-order valence-corrected chi connectivity index (χ2v) is 5.80. The zero-order valence-electron chi connectivity index (χ0n) is 15.3. The van der Waals surface area contributed by atoms with E-state index in [0.717, 1.165) is 22.6 Å². The molecule has 0 atom stereocenters. The van der Waals surface area contributed by atoms with E-state index in [0.29, 0.717) is 6.54 Å². The van der Waals surface area contributed by atoms with Crippen LogP contribution in [-0.2, 0) is 16.2 Å². The molecule has 0 aliphatic heterocycles. The van der Waals surface area contributed by atoms with Gasteiger partial charge in [-0.3, -0.25) is 4.79 Å². The molecule has 138 valence electrons. The monoisotopic (exact) mass is 356 g/mol. The lowest BCUT2D eigenvalue weighted by Gasteiger charge is -2.11. The molecule has 6 heteroatoms. The zero-order chi connectivity index (χ0) is 18.8. The highest BCUT2D eigenvalue weighted by atomic mass is 16.6. The summed E-state index contributed by atoms with van der Waals surface area (Å²) < 4.78 is 10.9. The van der Waals surface area contributed by atoms with Crippen molar-refractivity contribution in [1.29, 1.82) is 0 Å². The molecule has 0 saturated carbocycles. The van der Waals surface area contributed by atoms with E-state index in [2.05, 4.69) is 10.5 Å². The molecule has 0 spiro atoms. The lowest BCUT2D eigenvalue weighted by Crippen LogP contribution is -2.26. The second kappa shape index (κ2) is 10.1. The molecule has 0 aliphatic rings. The fourth-order valence-corrected chi connectivity index (χ4v) is 2.23. The van der Waals surface area contributed by atoms with E-state index in [-0.39, 0.29) is 18.6 Å². The summed E-state index contributed by atoms with van der Waals surface area (Å²) in [5.41, 5.74) is 1.68. The molecule has 0 aromatic heterocycles. The lowest BCUT2D eigenvalue weighted by molar-refractivity contribution is -0.125. The molecule has 0 heterocycles. The number of carbonyl (C=O) groups is 1. The quantitative estimate of drug-likeness (QED) is 0.553. The normalized spacial score (nSPS) is 10.8. The van der Waals surface area contributed by atoms with E-state index in [4.69, 9.17) is 14.3 Å². The van der Waals surface area contributed by atoms with Crippen molar-refractivity contribution in [3.8, 4) is 11.5 Å². The maximum absolute atomic E-state index is 11.9. The number of carbonyl (C=O) groups excluding carboxylic acids is 1. The number of nitrogens with zero attached hydrogens (tertiary/aromatic N) is 1. The number of ether oxygens (including phenoxy) is 2. The summed E-state index contributed by atoms with van der Waals surface area (Å²) in [5, 5.41) is 6.62. The van der Waals surface area contributed by atoms with Gasteiger partial charge in [0.05, 0.1) is 19.4 Å². The first kappa shape index (κ1) is 19.3. The Morgan fingerprint density at radius 2 is 1.81 bits per heavy atom. The minimum atomic E-state index is -0.264. The van der Waals surface area contributed by atoms with E-state index >= 15 is 0 Å². The lowest BCUT2D eigenvalue weighted by atomic mass is 10.2. The number of benzene rings is 2. The van der Waals surface area contributed by atoms with Crippen LogP contribution in [0.2, 0.25) is 0 Å². The highest BCUT2D eigenvalue weighted by Gasteiger charge is 2.06. The molecule has 0 fully saturated rings. The van der Waals surface area contributed by atoms with Crippen molar-refractivity contribution in [2.75, 3.05) is 13.7 Å². The average Bonchev–Trinajstić information content (AvgIpc) is 2.64. The number of hydrogen-bond acceptors (Lipinski definition) is 5. The minimum Gasteiger partial charge on any atom is -0.496 e. The van der Waals surface area contributed by atoms with Gasteiger partial charge in [-0.05, 0) is 32.0 Å². The van der Waals surface area contributed by atoms with Crippen molar-refractivity contribution in [2.24, 2.45) is 5.16 Å². The number of oxime groups is 1. The van der Waals surface area contributed by atoms with Crippen LogP contribution in [0.5, 0.6) is 11.5 Å². The van der Waals surface area contributed by atoms with Gasteiger partial charge in [0, 0.05) is 17.7 Å². The first-order chi connectivity index (χ1) is 12.6. The summed E-state index contributed by atoms with van der Waals surface area (Å²) in [6.45, 7) is 4.10. The number of rotatable bonds is 9. The zero-order valence-corrected chi connectivity index (χ0v) is 15.3. The summed E-state index contributed by atoms with van der Waals surface area (Å²) in [6.07, 6.45) is 1.59. The predicted molar refractivity (Wildman–Crippen MR) is 101 cm³/mol. The van der Waals surface area contributed by atoms with Gasteiger partial charge in [-0.1, -0.05) is 35.5 Å². The smallest absolute Gasteiger partial charge is 0.261 e. The standard InChI is InChI=1S/C20H24N2O4/c1-15(2)26-19-11-7-5-9-17(19)13-22-25-14-20(23)21-12-16-8-4-6-10-18(16)24-3/h4-11,13,15H,12,14H2,1-3H3,(H,21,23)/b22-13+. The van der Waals surface area contributed by atoms with Gasteiger partial charge in [0.2, 0.25) is 0 Å². The van der Waals surface area contributed by atoms with Crippen molar-refractivity contribution < 1.29 is 19.1 Å². The van der Waals surface area contributed by atoms with Gasteiger partial charge in [0.25, 0.3) is 5.91 Å². The van der Waals surface area contributed by atoms with Gasteiger partial charge in [0.15, 0.2) is 6.61 Å². The summed E-state index contributed by atoms with van der Waals surface area (Å²) in [6, 6.07) is 15.0. The molecule has 0 bridgehead atoms. The summed E-state index contributed by atoms with van der Waals surface area (Å²) in [7, 11) is 1.60. The predicted octanol–water partition coefficient (Wildman–Crippen LogP) is 3.15.